The summed E-state index contributed by atoms with van der Waals surface area (Å²) in [5.74, 6) is 0.191. The first-order chi connectivity index (χ1) is 21.9. The summed E-state index contributed by atoms with van der Waals surface area (Å²) in [4.78, 5) is 34.1. The van der Waals surface area contributed by atoms with Crippen molar-refractivity contribution in [3.05, 3.63) is 78.6 Å². The van der Waals surface area contributed by atoms with E-state index in [0.29, 0.717) is 35.6 Å². The van der Waals surface area contributed by atoms with Crippen LogP contribution in [0.5, 0.6) is 5.75 Å². The Kier molecular flexibility index (Phi) is 11.0. The zero-order valence-electron chi connectivity index (χ0n) is 27.5. The summed E-state index contributed by atoms with van der Waals surface area (Å²) in [6.45, 7) is 6.43. The van der Waals surface area contributed by atoms with Gasteiger partial charge >= 0.3 is 5.97 Å². The van der Waals surface area contributed by atoms with Crippen molar-refractivity contribution in [2.45, 2.75) is 39.5 Å². The predicted octanol–water partition coefficient (Wildman–Crippen LogP) is 5.77. The van der Waals surface area contributed by atoms with Crippen LogP contribution < -0.4 is 15.4 Å². The van der Waals surface area contributed by atoms with Crippen LogP contribution in [0.3, 0.4) is 0 Å². The van der Waals surface area contributed by atoms with Crippen molar-refractivity contribution >= 4 is 28.6 Å². The van der Waals surface area contributed by atoms with E-state index in [1.807, 2.05) is 87.6 Å². The molecule has 0 fully saturated rings. The summed E-state index contributed by atoms with van der Waals surface area (Å²) in [7, 11) is 7.18. The smallest absolute Gasteiger partial charge is 0.324 e. The van der Waals surface area contributed by atoms with Crippen molar-refractivity contribution in [2.24, 2.45) is 11.7 Å². The molecule has 0 radical (unpaired) electrons. The number of rotatable bonds is 12. The second kappa shape index (κ2) is 14.9. The predicted molar refractivity (Wildman–Crippen MR) is 181 cm³/mol. The second-order valence-corrected chi connectivity index (χ2v) is 12.0. The Hall–Kier alpha value is -4.98. The maximum atomic E-state index is 12.9. The lowest BCUT2D eigenvalue weighted by Gasteiger charge is -2.19. The molecule has 4 rings (SSSR count). The summed E-state index contributed by atoms with van der Waals surface area (Å²) >= 11 is 0. The molecule has 0 aliphatic carbocycles. The van der Waals surface area contributed by atoms with Crippen molar-refractivity contribution in [3.63, 3.8) is 0 Å². The van der Waals surface area contributed by atoms with Crippen molar-refractivity contribution < 1.29 is 19.1 Å². The largest absolute Gasteiger partial charge is 0.497 e. The average molecular weight is 623 g/mol. The number of hydrogen-bond acceptors (Lipinski definition) is 8. The minimum Gasteiger partial charge on any atom is -0.497 e. The fraction of sp³-hybridized carbons (Fsp3) is 0.333. The van der Waals surface area contributed by atoms with E-state index in [0.717, 1.165) is 27.6 Å². The van der Waals surface area contributed by atoms with Crippen molar-refractivity contribution in [1.29, 1.82) is 5.26 Å². The summed E-state index contributed by atoms with van der Waals surface area (Å²) in [6, 6.07) is 16.4. The molecule has 1 unspecified atom stereocenters. The third kappa shape index (κ3) is 7.99. The van der Waals surface area contributed by atoms with Crippen LogP contribution in [0.25, 0.3) is 33.3 Å². The second-order valence-electron chi connectivity index (χ2n) is 12.0. The van der Waals surface area contributed by atoms with Crippen molar-refractivity contribution in [2.75, 3.05) is 39.7 Å². The van der Waals surface area contributed by atoms with Gasteiger partial charge < -0.3 is 25.0 Å². The van der Waals surface area contributed by atoms with E-state index in [9.17, 15) is 14.9 Å². The fourth-order valence-corrected chi connectivity index (χ4v) is 5.13. The molecule has 0 bridgehead atoms. The van der Waals surface area contributed by atoms with E-state index >= 15 is 0 Å². The lowest BCUT2D eigenvalue weighted by molar-refractivity contribution is -0.154. The minimum atomic E-state index is -0.730. The molecule has 0 saturated heterocycles. The van der Waals surface area contributed by atoms with Gasteiger partial charge in [-0.2, -0.15) is 5.26 Å². The lowest BCUT2D eigenvalue weighted by atomic mass is 10.0. The molecule has 2 N–H and O–H groups in total. The number of carbonyl (C=O) groups excluding carboxylic acids is 2. The number of likely N-dealkylation sites (N-methyl/N-ethyl adjacent to an activating group) is 2. The highest BCUT2D eigenvalue weighted by Gasteiger charge is 2.23. The van der Waals surface area contributed by atoms with Gasteiger partial charge in [-0.05, 0) is 74.8 Å². The van der Waals surface area contributed by atoms with E-state index < -0.39 is 18.2 Å². The van der Waals surface area contributed by atoms with Crippen LogP contribution in [-0.2, 0) is 14.3 Å². The molecule has 2 atom stereocenters. The summed E-state index contributed by atoms with van der Waals surface area (Å²) in [5, 5.41) is 10.4. The maximum absolute atomic E-state index is 12.9. The van der Waals surface area contributed by atoms with E-state index in [1.165, 1.54) is 0 Å². The van der Waals surface area contributed by atoms with Crippen molar-refractivity contribution in [1.82, 2.24) is 14.5 Å². The normalized spacial score (nSPS) is 12.8. The van der Waals surface area contributed by atoms with Crippen LogP contribution in [0.15, 0.2) is 73.1 Å². The van der Waals surface area contributed by atoms with E-state index in [-0.39, 0.29) is 11.8 Å². The molecule has 2 aromatic heterocycles. The number of nitrogens with two attached hydrogens (primary N) is 1. The standard InChI is InChI=1S/C36H42N6O4/c1-23(2)14-33(38)36(44)46-24(3)42-22-32(26-11-8-10-25(15-26)20-37)31-18-28(21-39-35(31)42)27-16-29(19-30(17-27)45-7)41(6)34(43)12-9-13-40(4)5/h8-12,15-19,21-24,33H,13-14,38H2,1-7H3/b12-9+/t24?,33-/m0/s1. The third-order valence-electron chi connectivity index (χ3n) is 7.59. The monoisotopic (exact) mass is 622 g/mol. The number of hydrogen-bond donors (Lipinski definition) is 1. The van der Waals surface area contributed by atoms with Gasteiger partial charge in [0.05, 0.1) is 18.7 Å². The average Bonchev–Trinajstić information content (AvgIpc) is 3.42. The molecule has 2 aromatic carbocycles. The SMILES string of the molecule is COc1cc(-c2cnc3c(c2)c(-c2cccc(C#N)c2)cn3C(C)OC(=O)[C@@H](N)CC(C)C)cc(N(C)C(=O)/C=C/CN(C)C)c1. The number of esters is 1. The first-order valence-corrected chi connectivity index (χ1v) is 15.2. The number of nitrogens with zero attached hydrogens (tertiary/aromatic N) is 5. The Morgan fingerprint density at radius 2 is 1.83 bits per heavy atom. The Labute approximate surface area is 270 Å². The molecule has 46 heavy (non-hydrogen) atoms. The molecule has 2 heterocycles. The van der Waals surface area contributed by atoms with Gasteiger partial charge in [0.15, 0.2) is 6.23 Å². The number of anilines is 1. The zero-order valence-corrected chi connectivity index (χ0v) is 27.5. The first kappa shape index (κ1) is 33.9. The summed E-state index contributed by atoms with van der Waals surface area (Å²) in [6.07, 6.45) is 6.82. The summed E-state index contributed by atoms with van der Waals surface area (Å²) < 4.78 is 13.2. The molecule has 10 heteroatoms. The van der Waals surface area contributed by atoms with Gasteiger partial charge in [0.2, 0.25) is 5.91 Å². The molecular formula is C36H42N6O4. The first-order valence-electron chi connectivity index (χ1n) is 15.2. The van der Waals surface area contributed by atoms with Gasteiger partial charge in [-0.3, -0.25) is 14.2 Å². The number of fused-ring (bicyclic) bond motifs is 1. The molecule has 0 saturated carbocycles. The van der Waals surface area contributed by atoms with Gasteiger partial charge in [0, 0.05) is 60.3 Å². The number of aromatic nitrogens is 2. The minimum absolute atomic E-state index is 0.164. The topological polar surface area (TPSA) is 127 Å². The van der Waals surface area contributed by atoms with Gasteiger partial charge in [-0.25, -0.2) is 4.98 Å². The van der Waals surface area contributed by atoms with Gasteiger partial charge in [-0.15, -0.1) is 0 Å². The number of ether oxygens (including phenoxy) is 2. The highest BCUT2D eigenvalue weighted by molar-refractivity contribution is 6.02. The molecule has 0 spiro atoms. The lowest BCUT2D eigenvalue weighted by Crippen LogP contribution is -2.34. The zero-order chi connectivity index (χ0) is 33.5. The summed E-state index contributed by atoms with van der Waals surface area (Å²) in [5.41, 5.74) is 11.1. The van der Waals surface area contributed by atoms with E-state index in [1.54, 1.807) is 48.9 Å². The fourth-order valence-electron chi connectivity index (χ4n) is 5.13. The van der Waals surface area contributed by atoms with Crippen LogP contribution >= 0.6 is 0 Å². The van der Waals surface area contributed by atoms with Crippen LogP contribution in [0.4, 0.5) is 5.69 Å². The Morgan fingerprint density at radius 1 is 1.07 bits per heavy atom. The number of nitriles is 1. The highest BCUT2D eigenvalue weighted by atomic mass is 16.6. The molecule has 4 aromatic rings. The number of amides is 1. The van der Waals surface area contributed by atoms with E-state index in [4.69, 9.17) is 20.2 Å². The molecule has 10 nitrogen and oxygen atoms in total. The molecule has 0 aliphatic heterocycles. The van der Waals surface area contributed by atoms with Gasteiger partial charge in [-0.1, -0.05) is 32.1 Å². The number of carbonyl (C=O) groups is 2. The van der Waals surface area contributed by atoms with Crippen LogP contribution in [0, 0.1) is 17.2 Å². The quantitative estimate of drug-likeness (QED) is 0.156. The van der Waals surface area contributed by atoms with Gasteiger partial charge in [0.25, 0.3) is 0 Å². The molecule has 240 valence electrons. The Balaban J connectivity index is 1.80. The molecule has 1 amide bonds. The maximum Gasteiger partial charge on any atom is 0.324 e. The highest BCUT2D eigenvalue weighted by Crippen LogP contribution is 2.37. The van der Waals surface area contributed by atoms with Crippen LogP contribution in [0.1, 0.15) is 39.0 Å². The molecular weight excluding hydrogens is 580 g/mol. The van der Waals surface area contributed by atoms with Crippen LogP contribution in [-0.4, -0.2) is 67.2 Å². The third-order valence-corrected chi connectivity index (χ3v) is 7.59. The number of benzene rings is 2. The number of methoxy groups -OCH3 is 1. The van der Waals surface area contributed by atoms with Gasteiger partial charge in [0.1, 0.15) is 17.4 Å². The Morgan fingerprint density at radius 3 is 2.50 bits per heavy atom. The Bertz CT molecular complexity index is 1790. The van der Waals surface area contributed by atoms with Crippen LogP contribution in [0.2, 0.25) is 0 Å². The van der Waals surface area contributed by atoms with Crippen molar-refractivity contribution in [3.8, 4) is 34.1 Å². The number of pyridine rings is 1. The molecule has 0 aliphatic rings. The van der Waals surface area contributed by atoms with E-state index in [2.05, 4.69) is 6.07 Å².